The second-order valence-corrected chi connectivity index (χ2v) is 6.46. The minimum absolute atomic E-state index is 0.0521. The second-order valence-electron chi connectivity index (χ2n) is 5.54. The predicted molar refractivity (Wildman–Crippen MR) is 90.9 cm³/mol. The summed E-state index contributed by atoms with van der Waals surface area (Å²) in [5.74, 6) is -0.682. The number of hydrogen-bond donors (Lipinski definition) is 2. The molecule has 6 nitrogen and oxygen atoms in total. The van der Waals surface area contributed by atoms with E-state index in [1.807, 2.05) is 12.1 Å². The first-order valence-electron chi connectivity index (χ1n) is 7.37. The van der Waals surface area contributed by atoms with Crippen molar-refractivity contribution in [1.82, 2.24) is 5.32 Å². The van der Waals surface area contributed by atoms with E-state index in [-0.39, 0.29) is 18.3 Å². The van der Waals surface area contributed by atoms with E-state index in [0.29, 0.717) is 11.5 Å². The van der Waals surface area contributed by atoms with Crippen LogP contribution in [0.4, 0.5) is 0 Å². The number of aliphatic carboxylic acids is 1. The molecule has 0 bridgehead atoms. The van der Waals surface area contributed by atoms with Gasteiger partial charge in [-0.25, -0.2) is 4.79 Å². The molecule has 0 saturated heterocycles. The Kier molecular flexibility index (Phi) is 6.03. The maximum absolute atomic E-state index is 12.1. The molecule has 128 valence electrons. The van der Waals surface area contributed by atoms with Crippen LogP contribution < -0.4 is 10.1 Å². The van der Waals surface area contributed by atoms with Crippen molar-refractivity contribution in [2.24, 2.45) is 5.92 Å². The number of carbonyl (C=O) groups excluding carboxylic acids is 1. The molecule has 2 N–H and O–H groups in total. The third-order valence-electron chi connectivity index (χ3n) is 3.30. The van der Waals surface area contributed by atoms with Gasteiger partial charge in [-0.2, -0.15) is 0 Å². The van der Waals surface area contributed by atoms with Gasteiger partial charge in [0.05, 0.1) is 0 Å². The summed E-state index contributed by atoms with van der Waals surface area (Å²) in [6.45, 7) is 3.61. The highest BCUT2D eigenvalue weighted by Gasteiger charge is 2.25. The van der Waals surface area contributed by atoms with Crippen molar-refractivity contribution >= 4 is 27.8 Å². The van der Waals surface area contributed by atoms with Crippen molar-refractivity contribution in [1.29, 1.82) is 0 Å². The molecule has 1 aromatic carbocycles. The summed E-state index contributed by atoms with van der Waals surface area (Å²) in [5.41, 5.74) is 0. The minimum atomic E-state index is -1.08. The lowest BCUT2D eigenvalue weighted by molar-refractivity contribution is -0.140. The summed E-state index contributed by atoms with van der Waals surface area (Å²) >= 11 is 3.34. The number of carboxylic acids is 1. The van der Waals surface area contributed by atoms with Crippen molar-refractivity contribution in [3.63, 3.8) is 0 Å². The molecular weight excluding hydrogens is 378 g/mol. The fourth-order valence-corrected chi connectivity index (χ4v) is 2.25. The van der Waals surface area contributed by atoms with Gasteiger partial charge in [-0.05, 0) is 42.3 Å². The van der Waals surface area contributed by atoms with Crippen LogP contribution in [0.5, 0.6) is 5.75 Å². The fraction of sp³-hybridized carbons (Fsp3) is 0.294. The highest BCUT2D eigenvalue weighted by molar-refractivity contribution is 9.10. The Bertz CT molecular complexity index is 708. The zero-order chi connectivity index (χ0) is 17.7. The lowest BCUT2D eigenvalue weighted by Crippen LogP contribution is -2.44. The zero-order valence-electron chi connectivity index (χ0n) is 13.3. The van der Waals surface area contributed by atoms with Crippen LogP contribution in [0.3, 0.4) is 0 Å². The predicted octanol–water partition coefficient (Wildman–Crippen LogP) is 3.46. The number of furan rings is 1. The van der Waals surface area contributed by atoms with Crippen molar-refractivity contribution in [2.75, 3.05) is 0 Å². The number of hydrogen-bond acceptors (Lipinski definition) is 4. The summed E-state index contributed by atoms with van der Waals surface area (Å²) in [7, 11) is 0. The molecule has 0 aliphatic heterocycles. The van der Waals surface area contributed by atoms with Crippen molar-refractivity contribution in [3.8, 4) is 5.75 Å². The third-order valence-corrected chi connectivity index (χ3v) is 3.83. The Labute approximate surface area is 147 Å². The van der Waals surface area contributed by atoms with E-state index in [2.05, 4.69) is 21.2 Å². The van der Waals surface area contributed by atoms with Crippen molar-refractivity contribution in [2.45, 2.75) is 26.5 Å². The molecule has 1 heterocycles. The molecule has 0 unspecified atom stereocenters. The Balaban J connectivity index is 1.95. The van der Waals surface area contributed by atoms with E-state index in [9.17, 15) is 9.59 Å². The summed E-state index contributed by atoms with van der Waals surface area (Å²) < 4.78 is 11.9. The molecule has 2 aromatic rings. The lowest BCUT2D eigenvalue weighted by atomic mass is 10.0. The van der Waals surface area contributed by atoms with Gasteiger partial charge >= 0.3 is 5.97 Å². The molecule has 0 spiro atoms. The van der Waals surface area contributed by atoms with Gasteiger partial charge in [-0.3, -0.25) is 4.79 Å². The second kappa shape index (κ2) is 8.01. The molecule has 0 fully saturated rings. The Morgan fingerprint density at radius 3 is 2.46 bits per heavy atom. The number of carboxylic acid groups (broad SMARTS) is 1. The average Bonchev–Trinajstić information content (AvgIpc) is 3.00. The van der Waals surface area contributed by atoms with E-state index in [1.54, 1.807) is 32.0 Å². The highest BCUT2D eigenvalue weighted by Crippen LogP contribution is 2.18. The van der Waals surface area contributed by atoms with Crippen LogP contribution in [-0.4, -0.2) is 23.0 Å². The number of benzene rings is 1. The number of nitrogens with one attached hydrogen (secondary N) is 1. The molecule has 24 heavy (non-hydrogen) atoms. The van der Waals surface area contributed by atoms with Crippen LogP contribution >= 0.6 is 15.9 Å². The Hall–Kier alpha value is -2.28. The summed E-state index contributed by atoms with van der Waals surface area (Å²) in [5, 5.41) is 11.6. The van der Waals surface area contributed by atoms with Gasteiger partial charge in [0.15, 0.2) is 5.76 Å². The SMILES string of the molecule is CC(C)[C@H](NC(=O)c1ccc(COc2ccc(Br)cc2)o1)C(=O)O. The normalized spacial score (nSPS) is 12.0. The van der Waals surface area contributed by atoms with Gasteiger partial charge in [-0.1, -0.05) is 29.8 Å². The molecule has 0 saturated carbocycles. The molecule has 0 aliphatic rings. The first kappa shape index (κ1) is 18.1. The quantitative estimate of drug-likeness (QED) is 0.749. The van der Waals surface area contributed by atoms with Crippen molar-refractivity contribution < 1.29 is 23.8 Å². The number of carbonyl (C=O) groups is 2. The molecule has 1 atom stereocenters. The van der Waals surface area contributed by atoms with Gasteiger partial charge < -0.3 is 19.6 Å². The Morgan fingerprint density at radius 2 is 1.88 bits per heavy atom. The first-order valence-corrected chi connectivity index (χ1v) is 8.17. The summed E-state index contributed by atoms with van der Waals surface area (Å²) in [4.78, 5) is 23.2. The van der Waals surface area contributed by atoms with Gasteiger partial charge in [0.2, 0.25) is 0 Å². The Morgan fingerprint density at radius 1 is 1.21 bits per heavy atom. The monoisotopic (exact) mass is 395 g/mol. The van der Waals surface area contributed by atoms with Crippen LogP contribution in [-0.2, 0) is 11.4 Å². The lowest BCUT2D eigenvalue weighted by Gasteiger charge is -2.16. The average molecular weight is 396 g/mol. The zero-order valence-corrected chi connectivity index (χ0v) is 14.9. The highest BCUT2D eigenvalue weighted by atomic mass is 79.9. The number of rotatable bonds is 7. The van der Waals surface area contributed by atoms with Crippen LogP contribution in [0.1, 0.15) is 30.2 Å². The molecule has 1 amide bonds. The van der Waals surface area contributed by atoms with E-state index < -0.39 is 17.9 Å². The van der Waals surface area contributed by atoms with Gasteiger partial charge in [0.1, 0.15) is 24.2 Å². The van der Waals surface area contributed by atoms with E-state index in [1.165, 1.54) is 6.07 Å². The first-order chi connectivity index (χ1) is 11.4. The van der Waals surface area contributed by atoms with E-state index in [0.717, 1.165) is 4.47 Å². The number of ether oxygens (including phenoxy) is 1. The van der Waals surface area contributed by atoms with Gasteiger partial charge in [-0.15, -0.1) is 0 Å². The van der Waals surface area contributed by atoms with Crippen molar-refractivity contribution in [3.05, 3.63) is 52.4 Å². The largest absolute Gasteiger partial charge is 0.486 e. The van der Waals surface area contributed by atoms with Crippen LogP contribution in [0.15, 0.2) is 45.3 Å². The third kappa shape index (κ3) is 4.86. The molecule has 0 radical (unpaired) electrons. The van der Waals surface area contributed by atoms with Gasteiger partial charge in [0, 0.05) is 4.47 Å². The molecule has 7 heteroatoms. The molecular formula is C17H18BrNO5. The molecule has 0 aliphatic carbocycles. The topological polar surface area (TPSA) is 88.8 Å². The number of halogens is 1. The maximum Gasteiger partial charge on any atom is 0.326 e. The maximum atomic E-state index is 12.1. The smallest absolute Gasteiger partial charge is 0.326 e. The fourth-order valence-electron chi connectivity index (χ4n) is 1.99. The summed E-state index contributed by atoms with van der Waals surface area (Å²) in [6, 6.07) is 9.47. The van der Waals surface area contributed by atoms with Crippen LogP contribution in [0, 0.1) is 5.92 Å². The van der Waals surface area contributed by atoms with Gasteiger partial charge in [0.25, 0.3) is 5.91 Å². The number of amides is 1. The van der Waals surface area contributed by atoms with E-state index >= 15 is 0 Å². The summed E-state index contributed by atoms with van der Waals surface area (Å²) in [6.07, 6.45) is 0. The van der Waals surface area contributed by atoms with Crippen LogP contribution in [0.25, 0.3) is 0 Å². The minimum Gasteiger partial charge on any atom is -0.486 e. The molecule has 1 aromatic heterocycles. The molecule has 2 rings (SSSR count). The van der Waals surface area contributed by atoms with E-state index in [4.69, 9.17) is 14.3 Å². The van der Waals surface area contributed by atoms with Crippen LogP contribution in [0.2, 0.25) is 0 Å². The standard InChI is InChI=1S/C17H18BrNO5/c1-10(2)15(17(21)22)19-16(20)14-8-7-13(24-14)9-23-12-5-3-11(18)4-6-12/h3-8,10,15H,9H2,1-2H3,(H,19,20)(H,21,22)/t15-/m0/s1.